The SMILES string of the molecule is N#CC/C(O)=C/C(=O)Nc1cc(Br)ccc1Br. The Morgan fingerprint density at radius 2 is 2.24 bits per heavy atom. The quantitative estimate of drug-likeness (QED) is 0.640. The van der Waals surface area contributed by atoms with Crippen molar-refractivity contribution in [2.75, 3.05) is 5.32 Å². The van der Waals surface area contributed by atoms with Gasteiger partial charge in [0.25, 0.3) is 5.91 Å². The molecule has 4 nitrogen and oxygen atoms in total. The second-order valence-corrected chi connectivity index (χ2v) is 4.85. The van der Waals surface area contributed by atoms with Gasteiger partial charge >= 0.3 is 0 Å². The lowest BCUT2D eigenvalue weighted by molar-refractivity contribution is -0.112. The second-order valence-electron chi connectivity index (χ2n) is 3.08. The van der Waals surface area contributed by atoms with Crippen LogP contribution in [-0.2, 0) is 4.79 Å². The van der Waals surface area contributed by atoms with E-state index in [1.165, 1.54) is 0 Å². The van der Waals surface area contributed by atoms with Crippen molar-refractivity contribution in [2.24, 2.45) is 0 Å². The molecule has 0 aliphatic rings. The first-order chi connectivity index (χ1) is 8.02. The van der Waals surface area contributed by atoms with Crippen molar-refractivity contribution in [3.63, 3.8) is 0 Å². The Hall–Kier alpha value is -1.32. The summed E-state index contributed by atoms with van der Waals surface area (Å²) >= 11 is 6.57. The van der Waals surface area contributed by atoms with Crippen LogP contribution in [0.2, 0.25) is 0 Å². The van der Waals surface area contributed by atoms with Crippen LogP contribution >= 0.6 is 31.9 Å². The first-order valence-electron chi connectivity index (χ1n) is 4.55. The van der Waals surface area contributed by atoms with Gasteiger partial charge in [-0.3, -0.25) is 4.79 Å². The molecule has 1 amide bonds. The number of nitrogens with one attached hydrogen (secondary N) is 1. The van der Waals surface area contributed by atoms with Crippen LogP contribution in [0.15, 0.2) is 39.0 Å². The lowest BCUT2D eigenvalue weighted by atomic mass is 10.3. The van der Waals surface area contributed by atoms with Gasteiger partial charge in [0.05, 0.1) is 18.2 Å². The highest BCUT2D eigenvalue weighted by Crippen LogP contribution is 2.26. The number of amides is 1. The molecule has 0 aliphatic carbocycles. The molecule has 0 bridgehead atoms. The standard InChI is InChI=1S/C11H8Br2N2O2/c12-7-1-2-9(13)10(5-7)15-11(17)6-8(16)3-4-14/h1-2,5-6,16H,3H2,(H,15,17)/b8-6-. The number of hydrogen-bond donors (Lipinski definition) is 2. The molecule has 0 aliphatic heterocycles. The molecule has 0 saturated heterocycles. The van der Waals surface area contributed by atoms with Gasteiger partial charge in [0, 0.05) is 15.0 Å². The van der Waals surface area contributed by atoms with Crippen LogP contribution in [0.5, 0.6) is 0 Å². The molecule has 6 heteroatoms. The van der Waals surface area contributed by atoms with Crippen LogP contribution in [0.25, 0.3) is 0 Å². The number of aliphatic hydroxyl groups excluding tert-OH is 1. The minimum atomic E-state index is -0.489. The van der Waals surface area contributed by atoms with Gasteiger partial charge in [-0.25, -0.2) is 0 Å². The predicted molar refractivity (Wildman–Crippen MR) is 71.4 cm³/mol. The first kappa shape index (κ1) is 13.7. The topological polar surface area (TPSA) is 73.1 Å². The van der Waals surface area contributed by atoms with Crippen LogP contribution in [0, 0.1) is 11.3 Å². The molecule has 0 unspecified atom stereocenters. The maximum absolute atomic E-state index is 11.5. The summed E-state index contributed by atoms with van der Waals surface area (Å²) in [7, 11) is 0. The number of benzene rings is 1. The van der Waals surface area contributed by atoms with Gasteiger partial charge in [-0.15, -0.1) is 0 Å². The minimum Gasteiger partial charge on any atom is -0.511 e. The van der Waals surface area contributed by atoms with Crippen LogP contribution in [0.3, 0.4) is 0 Å². The van der Waals surface area contributed by atoms with Gasteiger partial charge in [-0.2, -0.15) is 5.26 Å². The zero-order valence-electron chi connectivity index (χ0n) is 8.58. The van der Waals surface area contributed by atoms with E-state index < -0.39 is 5.91 Å². The van der Waals surface area contributed by atoms with E-state index in [-0.39, 0.29) is 12.2 Å². The molecule has 1 rings (SSSR count). The highest BCUT2D eigenvalue weighted by atomic mass is 79.9. The Morgan fingerprint density at radius 1 is 1.53 bits per heavy atom. The molecule has 0 aromatic heterocycles. The number of nitriles is 1. The normalized spacial score (nSPS) is 10.8. The minimum absolute atomic E-state index is 0.187. The monoisotopic (exact) mass is 358 g/mol. The lowest BCUT2D eigenvalue weighted by Crippen LogP contribution is -2.09. The number of aliphatic hydroxyl groups is 1. The van der Waals surface area contributed by atoms with Gasteiger partial charge in [0.15, 0.2) is 0 Å². The van der Waals surface area contributed by atoms with E-state index >= 15 is 0 Å². The molecule has 17 heavy (non-hydrogen) atoms. The van der Waals surface area contributed by atoms with Crippen molar-refractivity contribution in [1.29, 1.82) is 5.26 Å². The molecular weight excluding hydrogens is 352 g/mol. The molecule has 0 spiro atoms. The Morgan fingerprint density at radius 3 is 2.88 bits per heavy atom. The molecule has 0 fully saturated rings. The maximum atomic E-state index is 11.5. The molecule has 1 aromatic carbocycles. The zero-order valence-corrected chi connectivity index (χ0v) is 11.7. The maximum Gasteiger partial charge on any atom is 0.251 e. The van der Waals surface area contributed by atoms with Gasteiger partial charge in [-0.05, 0) is 34.1 Å². The smallest absolute Gasteiger partial charge is 0.251 e. The third-order valence-electron chi connectivity index (χ3n) is 1.74. The number of allylic oxidation sites excluding steroid dienone is 1. The van der Waals surface area contributed by atoms with Crippen molar-refractivity contribution in [3.8, 4) is 6.07 Å². The van der Waals surface area contributed by atoms with Crippen molar-refractivity contribution in [2.45, 2.75) is 6.42 Å². The average Bonchev–Trinajstić information content (AvgIpc) is 2.23. The van der Waals surface area contributed by atoms with E-state index in [0.717, 1.165) is 15.0 Å². The molecule has 0 radical (unpaired) electrons. The number of halogens is 2. The molecule has 0 saturated carbocycles. The summed E-state index contributed by atoms with van der Waals surface area (Å²) < 4.78 is 1.54. The van der Waals surface area contributed by atoms with Crippen LogP contribution in [0.4, 0.5) is 5.69 Å². The summed E-state index contributed by atoms with van der Waals surface area (Å²) in [6.45, 7) is 0. The number of carbonyl (C=O) groups is 1. The van der Waals surface area contributed by atoms with E-state index in [1.807, 2.05) is 6.07 Å². The number of hydrogen-bond acceptors (Lipinski definition) is 3. The van der Waals surface area contributed by atoms with Gasteiger partial charge in [-0.1, -0.05) is 15.9 Å². The van der Waals surface area contributed by atoms with Gasteiger partial charge < -0.3 is 10.4 Å². The fraction of sp³-hybridized carbons (Fsp3) is 0.0909. The second kappa shape index (κ2) is 6.42. The summed E-state index contributed by atoms with van der Waals surface area (Å²) in [5.74, 6) is -0.757. The van der Waals surface area contributed by atoms with Crippen molar-refractivity contribution >= 4 is 43.5 Å². The molecule has 88 valence electrons. The Labute approximate surface area is 115 Å². The van der Waals surface area contributed by atoms with E-state index in [9.17, 15) is 9.90 Å². The number of rotatable bonds is 3. The van der Waals surface area contributed by atoms with Crippen LogP contribution in [-0.4, -0.2) is 11.0 Å². The van der Waals surface area contributed by atoms with Crippen LogP contribution in [0.1, 0.15) is 6.42 Å². The summed E-state index contributed by atoms with van der Waals surface area (Å²) in [4.78, 5) is 11.5. The Bertz CT molecular complexity index is 507. The first-order valence-corrected chi connectivity index (χ1v) is 6.14. The molecule has 1 aromatic rings. The summed E-state index contributed by atoms with van der Waals surface area (Å²) in [6, 6.07) is 7.06. The van der Waals surface area contributed by atoms with Gasteiger partial charge in [0.1, 0.15) is 5.76 Å². The fourth-order valence-electron chi connectivity index (χ4n) is 1.05. The fourth-order valence-corrected chi connectivity index (χ4v) is 1.75. The Kier molecular flexibility index (Phi) is 5.19. The molecule has 0 atom stereocenters. The summed E-state index contributed by atoms with van der Waals surface area (Å²) in [6.07, 6.45) is 0.795. The number of carbonyl (C=O) groups excluding carboxylic acids is 1. The predicted octanol–water partition coefficient (Wildman–Crippen LogP) is 3.51. The van der Waals surface area contributed by atoms with E-state index in [2.05, 4.69) is 37.2 Å². The van der Waals surface area contributed by atoms with E-state index in [4.69, 9.17) is 5.26 Å². The highest BCUT2D eigenvalue weighted by Gasteiger charge is 2.05. The lowest BCUT2D eigenvalue weighted by Gasteiger charge is -2.05. The third-order valence-corrected chi connectivity index (χ3v) is 2.93. The molecular formula is C11H8Br2N2O2. The molecule has 2 N–H and O–H groups in total. The summed E-state index contributed by atoms with van der Waals surface area (Å²) in [5.41, 5.74) is 0.574. The number of anilines is 1. The third kappa shape index (κ3) is 4.59. The van der Waals surface area contributed by atoms with Crippen molar-refractivity contribution in [3.05, 3.63) is 39.0 Å². The summed E-state index contributed by atoms with van der Waals surface area (Å²) in [5, 5.41) is 20.1. The zero-order chi connectivity index (χ0) is 12.8. The van der Waals surface area contributed by atoms with E-state index in [0.29, 0.717) is 5.69 Å². The largest absolute Gasteiger partial charge is 0.511 e. The van der Waals surface area contributed by atoms with Crippen molar-refractivity contribution in [1.82, 2.24) is 0 Å². The van der Waals surface area contributed by atoms with E-state index in [1.54, 1.807) is 18.2 Å². The molecule has 0 heterocycles. The number of nitrogens with zero attached hydrogens (tertiary/aromatic N) is 1. The Balaban J connectivity index is 2.78. The average molecular weight is 360 g/mol. The highest BCUT2D eigenvalue weighted by molar-refractivity contribution is 9.11. The van der Waals surface area contributed by atoms with Crippen molar-refractivity contribution < 1.29 is 9.90 Å². The van der Waals surface area contributed by atoms with Crippen LogP contribution < -0.4 is 5.32 Å². The van der Waals surface area contributed by atoms with Gasteiger partial charge in [0.2, 0.25) is 0 Å².